The monoisotopic (exact) mass is 283 g/mol. The summed E-state index contributed by atoms with van der Waals surface area (Å²) >= 11 is 0. The standard InChI is InChI=1S/C15H13N3O3/c16-10-2-1-3-12-14(10)11(17)7-18(12)8-4-5-9(15(20)21)13(19)6-8/h1-7,19H,16-17H2,(H,20,21). The number of carboxylic acid groups (broad SMARTS) is 1. The maximum atomic E-state index is 10.9. The van der Waals surface area contributed by atoms with Crippen LogP contribution in [0.25, 0.3) is 16.6 Å². The minimum absolute atomic E-state index is 0.150. The van der Waals surface area contributed by atoms with Crippen LogP contribution in [0.2, 0.25) is 0 Å². The van der Waals surface area contributed by atoms with Crippen molar-refractivity contribution in [2.24, 2.45) is 0 Å². The summed E-state index contributed by atoms with van der Waals surface area (Å²) in [5.74, 6) is -1.48. The van der Waals surface area contributed by atoms with Gasteiger partial charge in [0.1, 0.15) is 11.3 Å². The summed E-state index contributed by atoms with van der Waals surface area (Å²) < 4.78 is 1.76. The van der Waals surface area contributed by atoms with Gasteiger partial charge in [-0.15, -0.1) is 0 Å². The zero-order chi connectivity index (χ0) is 15.1. The van der Waals surface area contributed by atoms with Gasteiger partial charge in [-0.1, -0.05) is 6.07 Å². The molecular weight excluding hydrogens is 270 g/mol. The third-order valence-electron chi connectivity index (χ3n) is 3.38. The van der Waals surface area contributed by atoms with E-state index in [1.54, 1.807) is 29.0 Å². The summed E-state index contributed by atoms with van der Waals surface area (Å²) in [7, 11) is 0. The normalized spacial score (nSPS) is 10.9. The quantitative estimate of drug-likeness (QED) is 0.538. The fourth-order valence-electron chi connectivity index (χ4n) is 2.41. The second-order valence-corrected chi connectivity index (χ2v) is 4.70. The zero-order valence-electron chi connectivity index (χ0n) is 10.9. The Morgan fingerprint density at radius 2 is 1.86 bits per heavy atom. The molecule has 3 rings (SSSR count). The Bertz CT molecular complexity index is 868. The Morgan fingerprint density at radius 1 is 1.10 bits per heavy atom. The van der Waals surface area contributed by atoms with Crippen LogP contribution in [-0.2, 0) is 0 Å². The molecule has 0 spiro atoms. The summed E-state index contributed by atoms with van der Waals surface area (Å²) in [6, 6.07) is 9.75. The van der Waals surface area contributed by atoms with E-state index in [9.17, 15) is 9.90 Å². The number of aromatic carboxylic acids is 1. The lowest BCUT2D eigenvalue weighted by atomic mass is 10.1. The molecule has 0 radical (unpaired) electrons. The van der Waals surface area contributed by atoms with Crippen molar-refractivity contribution in [2.45, 2.75) is 0 Å². The van der Waals surface area contributed by atoms with Crippen LogP contribution in [0.3, 0.4) is 0 Å². The van der Waals surface area contributed by atoms with Crippen molar-refractivity contribution >= 4 is 28.2 Å². The smallest absolute Gasteiger partial charge is 0.339 e. The van der Waals surface area contributed by atoms with Crippen LogP contribution in [0.4, 0.5) is 11.4 Å². The first-order valence-electron chi connectivity index (χ1n) is 6.20. The maximum absolute atomic E-state index is 10.9. The second-order valence-electron chi connectivity index (χ2n) is 4.70. The van der Waals surface area contributed by atoms with Gasteiger partial charge in [-0.3, -0.25) is 0 Å². The molecule has 1 aromatic heterocycles. The van der Waals surface area contributed by atoms with E-state index in [-0.39, 0.29) is 11.3 Å². The Labute approximate surface area is 119 Å². The Balaban J connectivity index is 2.24. The molecule has 0 unspecified atom stereocenters. The first-order valence-corrected chi connectivity index (χ1v) is 6.20. The summed E-state index contributed by atoms with van der Waals surface area (Å²) in [6.07, 6.45) is 1.69. The Hall–Kier alpha value is -3.15. The highest BCUT2D eigenvalue weighted by molar-refractivity contribution is 6.01. The number of nitrogens with zero attached hydrogens (tertiary/aromatic N) is 1. The number of aromatic hydroxyl groups is 1. The number of nitrogen functional groups attached to an aromatic ring is 2. The van der Waals surface area contributed by atoms with Crippen LogP contribution in [-0.4, -0.2) is 20.7 Å². The molecule has 2 aromatic carbocycles. The van der Waals surface area contributed by atoms with Crippen LogP contribution >= 0.6 is 0 Å². The van der Waals surface area contributed by atoms with Crippen LogP contribution in [0.1, 0.15) is 10.4 Å². The van der Waals surface area contributed by atoms with E-state index >= 15 is 0 Å². The van der Waals surface area contributed by atoms with Gasteiger partial charge >= 0.3 is 5.97 Å². The third-order valence-corrected chi connectivity index (χ3v) is 3.38. The maximum Gasteiger partial charge on any atom is 0.339 e. The molecule has 1 heterocycles. The number of hydrogen-bond donors (Lipinski definition) is 4. The summed E-state index contributed by atoms with van der Waals surface area (Å²) in [5.41, 5.74) is 14.2. The molecule has 0 aliphatic rings. The molecule has 106 valence electrons. The van der Waals surface area contributed by atoms with Crippen molar-refractivity contribution in [1.82, 2.24) is 4.57 Å². The number of benzene rings is 2. The average Bonchev–Trinajstić information content (AvgIpc) is 2.77. The summed E-state index contributed by atoms with van der Waals surface area (Å²) in [5, 5.41) is 19.5. The van der Waals surface area contributed by atoms with Crippen molar-refractivity contribution in [3.05, 3.63) is 48.2 Å². The molecular formula is C15H13N3O3. The van der Waals surface area contributed by atoms with Crippen molar-refractivity contribution < 1.29 is 15.0 Å². The number of fused-ring (bicyclic) bond motifs is 1. The van der Waals surface area contributed by atoms with Gasteiger partial charge < -0.3 is 26.2 Å². The molecule has 6 N–H and O–H groups in total. The van der Waals surface area contributed by atoms with E-state index in [2.05, 4.69) is 0 Å². The fraction of sp³-hybridized carbons (Fsp3) is 0. The minimum atomic E-state index is -1.18. The molecule has 0 saturated carbocycles. The molecule has 3 aromatic rings. The number of anilines is 2. The van der Waals surface area contributed by atoms with E-state index in [1.165, 1.54) is 12.1 Å². The zero-order valence-corrected chi connectivity index (χ0v) is 10.9. The average molecular weight is 283 g/mol. The van der Waals surface area contributed by atoms with Crippen LogP contribution in [0.5, 0.6) is 5.75 Å². The minimum Gasteiger partial charge on any atom is -0.507 e. The van der Waals surface area contributed by atoms with Crippen molar-refractivity contribution in [3.63, 3.8) is 0 Å². The fourth-order valence-corrected chi connectivity index (χ4v) is 2.41. The number of phenols is 1. The lowest BCUT2D eigenvalue weighted by Crippen LogP contribution is -1.99. The number of rotatable bonds is 2. The van der Waals surface area contributed by atoms with E-state index in [1.807, 2.05) is 6.07 Å². The molecule has 0 bridgehead atoms. The molecule has 0 aliphatic heterocycles. The lowest BCUT2D eigenvalue weighted by Gasteiger charge is -2.08. The number of nitrogens with two attached hydrogens (primary N) is 2. The molecule has 0 saturated heterocycles. The largest absolute Gasteiger partial charge is 0.507 e. The second kappa shape index (κ2) is 4.45. The predicted octanol–water partition coefficient (Wildman–Crippen LogP) is 2.20. The van der Waals surface area contributed by atoms with Crippen molar-refractivity contribution in [1.29, 1.82) is 0 Å². The van der Waals surface area contributed by atoms with Crippen LogP contribution in [0.15, 0.2) is 42.6 Å². The number of hydrogen-bond acceptors (Lipinski definition) is 4. The highest BCUT2D eigenvalue weighted by Crippen LogP contribution is 2.32. The van der Waals surface area contributed by atoms with Gasteiger partial charge in [0.2, 0.25) is 0 Å². The third kappa shape index (κ3) is 1.93. The van der Waals surface area contributed by atoms with Crippen LogP contribution < -0.4 is 11.5 Å². The predicted molar refractivity (Wildman–Crippen MR) is 80.7 cm³/mol. The van der Waals surface area contributed by atoms with Gasteiger partial charge in [0.15, 0.2) is 0 Å². The van der Waals surface area contributed by atoms with Gasteiger partial charge in [-0.25, -0.2) is 4.79 Å². The van der Waals surface area contributed by atoms with Gasteiger partial charge in [-0.05, 0) is 24.3 Å². The van der Waals surface area contributed by atoms with Gasteiger partial charge in [0, 0.05) is 29.0 Å². The van der Waals surface area contributed by atoms with Gasteiger partial charge in [0.05, 0.1) is 11.2 Å². The summed E-state index contributed by atoms with van der Waals surface area (Å²) in [6.45, 7) is 0. The number of carbonyl (C=O) groups is 1. The molecule has 6 nitrogen and oxygen atoms in total. The Morgan fingerprint density at radius 3 is 2.52 bits per heavy atom. The highest BCUT2D eigenvalue weighted by atomic mass is 16.4. The SMILES string of the molecule is Nc1cccc2c1c(N)cn2-c1ccc(C(=O)O)c(O)c1. The number of aromatic nitrogens is 1. The topological polar surface area (TPSA) is 114 Å². The number of carboxylic acids is 1. The van der Waals surface area contributed by atoms with E-state index in [4.69, 9.17) is 16.6 Å². The van der Waals surface area contributed by atoms with Crippen molar-refractivity contribution in [2.75, 3.05) is 11.5 Å². The van der Waals surface area contributed by atoms with E-state index < -0.39 is 5.97 Å². The molecule has 0 amide bonds. The highest BCUT2D eigenvalue weighted by Gasteiger charge is 2.13. The van der Waals surface area contributed by atoms with E-state index in [0.717, 1.165) is 10.9 Å². The van der Waals surface area contributed by atoms with Gasteiger partial charge in [-0.2, -0.15) is 0 Å². The first kappa shape index (κ1) is 12.9. The summed E-state index contributed by atoms with van der Waals surface area (Å²) in [4.78, 5) is 10.9. The van der Waals surface area contributed by atoms with E-state index in [0.29, 0.717) is 17.1 Å². The lowest BCUT2D eigenvalue weighted by molar-refractivity contribution is 0.0694. The molecule has 0 aliphatic carbocycles. The molecule has 21 heavy (non-hydrogen) atoms. The van der Waals surface area contributed by atoms with Gasteiger partial charge in [0.25, 0.3) is 0 Å². The van der Waals surface area contributed by atoms with Crippen molar-refractivity contribution in [3.8, 4) is 11.4 Å². The molecule has 6 heteroatoms. The van der Waals surface area contributed by atoms with Crippen LogP contribution in [0, 0.1) is 0 Å². The molecule has 0 fully saturated rings. The Kier molecular flexibility index (Phi) is 2.72. The molecule has 0 atom stereocenters. The first-order chi connectivity index (χ1) is 9.99.